The summed E-state index contributed by atoms with van der Waals surface area (Å²) >= 11 is 1.56. The number of carboxylic acid groups (broad SMARTS) is 1. The molecule has 1 aromatic rings. The molecule has 1 N–H and O–H groups in total. The van der Waals surface area contributed by atoms with E-state index in [1.165, 1.54) is 0 Å². The summed E-state index contributed by atoms with van der Waals surface area (Å²) < 4.78 is 7.22. The monoisotopic (exact) mass is 281 g/mol. The normalized spacial score (nSPS) is 14.7. The summed E-state index contributed by atoms with van der Waals surface area (Å²) in [4.78, 5) is 12.1. The average molecular weight is 281 g/mol. The van der Waals surface area contributed by atoms with Gasteiger partial charge in [-0.15, -0.1) is 0 Å². The van der Waals surface area contributed by atoms with Gasteiger partial charge in [-0.05, 0) is 61.9 Å². The Bertz CT molecular complexity index is 463. The van der Waals surface area contributed by atoms with E-state index in [9.17, 15) is 4.79 Å². The summed E-state index contributed by atoms with van der Waals surface area (Å²) in [5, 5.41) is 8.98. The third-order valence-electron chi connectivity index (χ3n) is 3.12. The maximum absolute atomic E-state index is 10.9. The Labute approximate surface area is 117 Å². The van der Waals surface area contributed by atoms with Gasteiger partial charge < -0.3 is 9.84 Å². The molecule has 0 heterocycles. The number of benzene rings is 1. The first-order valence-corrected chi connectivity index (χ1v) is 7.10. The molecule has 104 valence electrons. The molecule has 1 aliphatic rings. The molecule has 0 radical (unpaired) electrons. The van der Waals surface area contributed by atoms with Gasteiger partial charge in [0.2, 0.25) is 0 Å². The maximum Gasteiger partial charge on any atom is 0.318 e. The van der Waals surface area contributed by atoms with E-state index in [-0.39, 0.29) is 6.54 Å². The number of ether oxygens (including phenoxy) is 1. The molecule has 2 rings (SSSR count). The highest BCUT2D eigenvalue weighted by atomic mass is 32.2. The lowest BCUT2D eigenvalue weighted by Crippen LogP contribution is -2.25. The van der Waals surface area contributed by atoms with Gasteiger partial charge in [-0.1, -0.05) is 0 Å². The first-order valence-electron chi connectivity index (χ1n) is 6.33. The fourth-order valence-electron chi connectivity index (χ4n) is 2.02. The van der Waals surface area contributed by atoms with Crippen molar-refractivity contribution in [2.24, 2.45) is 0 Å². The van der Waals surface area contributed by atoms with Crippen molar-refractivity contribution in [3.63, 3.8) is 0 Å². The van der Waals surface area contributed by atoms with Gasteiger partial charge >= 0.3 is 5.97 Å². The van der Waals surface area contributed by atoms with Crippen LogP contribution in [0.5, 0.6) is 5.75 Å². The van der Waals surface area contributed by atoms with Crippen LogP contribution in [0.4, 0.5) is 0 Å². The molecule has 5 heteroatoms. The maximum atomic E-state index is 10.9. The number of nitrogens with zero attached hydrogens (tertiary/aromatic N) is 1. The minimum Gasteiger partial charge on any atom is -0.497 e. The van der Waals surface area contributed by atoms with Crippen LogP contribution in [0.1, 0.15) is 24.0 Å². The number of aryl methyl sites for hydroxylation is 2. The van der Waals surface area contributed by atoms with E-state index in [1.807, 2.05) is 30.3 Å². The number of hydrogen-bond acceptors (Lipinski definition) is 4. The van der Waals surface area contributed by atoms with E-state index >= 15 is 0 Å². The van der Waals surface area contributed by atoms with Crippen molar-refractivity contribution in [2.45, 2.75) is 37.6 Å². The van der Waals surface area contributed by atoms with Crippen LogP contribution in [0.25, 0.3) is 0 Å². The Balaban J connectivity index is 2.18. The average Bonchev–Trinajstić information content (AvgIpc) is 3.15. The quantitative estimate of drug-likeness (QED) is 0.813. The van der Waals surface area contributed by atoms with Crippen molar-refractivity contribution < 1.29 is 14.6 Å². The second-order valence-corrected chi connectivity index (χ2v) is 5.94. The predicted octanol–water partition coefficient (Wildman–Crippen LogP) is 2.87. The van der Waals surface area contributed by atoms with E-state index in [2.05, 4.69) is 0 Å². The highest BCUT2D eigenvalue weighted by molar-refractivity contribution is 7.97. The summed E-state index contributed by atoms with van der Waals surface area (Å²) in [5.41, 5.74) is 2.25. The molecule has 4 nitrogen and oxygen atoms in total. The number of methoxy groups -OCH3 is 1. The van der Waals surface area contributed by atoms with Crippen LogP contribution in [0, 0.1) is 13.8 Å². The van der Waals surface area contributed by atoms with Crippen molar-refractivity contribution in [1.82, 2.24) is 4.31 Å². The summed E-state index contributed by atoms with van der Waals surface area (Å²) in [6.07, 6.45) is 2.18. The molecule has 0 bridgehead atoms. The van der Waals surface area contributed by atoms with Gasteiger partial charge in [0.05, 0.1) is 7.11 Å². The van der Waals surface area contributed by atoms with Crippen molar-refractivity contribution >= 4 is 17.9 Å². The second kappa shape index (κ2) is 5.84. The molecule has 1 aromatic carbocycles. The molecule has 0 spiro atoms. The van der Waals surface area contributed by atoms with Gasteiger partial charge in [0.25, 0.3) is 0 Å². The topological polar surface area (TPSA) is 49.8 Å². The summed E-state index contributed by atoms with van der Waals surface area (Å²) in [6.45, 7) is 4.15. The number of rotatable bonds is 6. The van der Waals surface area contributed by atoms with Crippen molar-refractivity contribution in [1.29, 1.82) is 0 Å². The Hall–Kier alpha value is -1.20. The smallest absolute Gasteiger partial charge is 0.318 e. The van der Waals surface area contributed by atoms with Crippen molar-refractivity contribution in [3.8, 4) is 5.75 Å². The number of carboxylic acids is 1. The summed E-state index contributed by atoms with van der Waals surface area (Å²) in [5.74, 6) is 0.0683. The summed E-state index contributed by atoms with van der Waals surface area (Å²) in [6, 6.07) is 4.38. The van der Waals surface area contributed by atoms with Crippen LogP contribution in [0.15, 0.2) is 17.0 Å². The Morgan fingerprint density at radius 3 is 2.42 bits per heavy atom. The molecule has 0 unspecified atom stereocenters. The van der Waals surface area contributed by atoms with E-state index in [0.29, 0.717) is 6.04 Å². The molecule has 0 atom stereocenters. The third kappa shape index (κ3) is 3.64. The van der Waals surface area contributed by atoms with Gasteiger partial charge in [-0.25, -0.2) is 4.31 Å². The minimum absolute atomic E-state index is 0.0836. The molecule has 0 aliphatic heterocycles. The van der Waals surface area contributed by atoms with E-state index < -0.39 is 5.97 Å². The first kappa shape index (κ1) is 14.2. The highest BCUT2D eigenvalue weighted by Crippen LogP contribution is 2.39. The lowest BCUT2D eigenvalue weighted by Gasteiger charge is -2.21. The number of aliphatic carboxylic acids is 1. The van der Waals surface area contributed by atoms with Gasteiger partial charge in [0.15, 0.2) is 0 Å². The minimum atomic E-state index is -0.775. The van der Waals surface area contributed by atoms with Crippen LogP contribution < -0.4 is 4.74 Å². The third-order valence-corrected chi connectivity index (χ3v) is 4.61. The fourth-order valence-corrected chi connectivity index (χ4v) is 3.20. The first-order chi connectivity index (χ1) is 9.01. The summed E-state index contributed by atoms with van der Waals surface area (Å²) in [7, 11) is 1.65. The molecule has 19 heavy (non-hydrogen) atoms. The Kier molecular flexibility index (Phi) is 4.37. The molecular formula is C14H19NO3S. The van der Waals surface area contributed by atoms with E-state index in [1.54, 1.807) is 19.1 Å². The standard InChI is InChI=1S/C14H19NO3S/c1-9-6-12(18-3)7-10(2)14(9)19-15(8-13(16)17)11-4-5-11/h6-7,11H,4-5,8H2,1-3H3,(H,16,17). The van der Waals surface area contributed by atoms with Gasteiger partial charge in [0, 0.05) is 10.9 Å². The molecule has 1 saturated carbocycles. The molecular weight excluding hydrogens is 262 g/mol. The van der Waals surface area contributed by atoms with Gasteiger partial charge in [-0.3, -0.25) is 4.79 Å². The number of hydrogen-bond donors (Lipinski definition) is 1. The predicted molar refractivity (Wildman–Crippen MR) is 75.7 cm³/mol. The van der Waals surface area contributed by atoms with E-state index in [0.717, 1.165) is 34.6 Å². The van der Waals surface area contributed by atoms with Crippen molar-refractivity contribution in [2.75, 3.05) is 13.7 Å². The van der Waals surface area contributed by atoms with Crippen molar-refractivity contribution in [3.05, 3.63) is 23.3 Å². The SMILES string of the molecule is COc1cc(C)c(SN(CC(=O)O)C2CC2)c(C)c1. The van der Waals surface area contributed by atoms with Crippen LogP contribution in [0.2, 0.25) is 0 Å². The molecule has 0 saturated heterocycles. The lowest BCUT2D eigenvalue weighted by atomic mass is 10.1. The largest absolute Gasteiger partial charge is 0.497 e. The Morgan fingerprint density at radius 2 is 2.00 bits per heavy atom. The van der Waals surface area contributed by atoms with Crippen LogP contribution in [0.3, 0.4) is 0 Å². The fraction of sp³-hybridized carbons (Fsp3) is 0.500. The lowest BCUT2D eigenvalue weighted by molar-refractivity contribution is -0.137. The second-order valence-electron chi connectivity index (χ2n) is 4.88. The van der Waals surface area contributed by atoms with Crippen LogP contribution >= 0.6 is 11.9 Å². The highest BCUT2D eigenvalue weighted by Gasteiger charge is 2.31. The molecule has 1 fully saturated rings. The zero-order chi connectivity index (χ0) is 14.0. The van der Waals surface area contributed by atoms with Crippen LogP contribution in [-0.2, 0) is 4.79 Å². The zero-order valence-corrected chi connectivity index (χ0v) is 12.3. The van der Waals surface area contributed by atoms with E-state index in [4.69, 9.17) is 9.84 Å². The van der Waals surface area contributed by atoms with Crippen LogP contribution in [-0.4, -0.2) is 35.1 Å². The van der Waals surface area contributed by atoms with Gasteiger partial charge in [0.1, 0.15) is 12.3 Å². The number of carbonyl (C=O) groups is 1. The van der Waals surface area contributed by atoms with Gasteiger partial charge in [-0.2, -0.15) is 0 Å². The Morgan fingerprint density at radius 1 is 1.42 bits per heavy atom. The molecule has 1 aliphatic carbocycles. The molecule has 0 aromatic heterocycles. The zero-order valence-electron chi connectivity index (χ0n) is 11.5. The molecule has 0 amide bonds.